The van der Waals surface area contributed by atoms with E-state index in [-0.39, 0.29) is 11.8 Å². The average molecular weight is 235 g/mol. The number of ether oxygens (including phenoxy) is 1. The Hall–Kier alpha value is -1.35. The van der Waals surface area contributed by atoms with E-state index in [1.54, 1.807) is 7.11 Å². The van der Waals surface area contributed by atoms with Crippen LogP contribution in [0.25, 0.3) is 0 Å². The van der Waals surface area contributed by atoms with E-state index in [9.17, 15) is 4.79 Å². The fourth-order valence-electron chi connectivity index (χ4n) is 1.80. The number of rotatable bonds is 5. The van der Waals surface area contributed by atoms with Crippen molar-refractivity contribution in [2.24, 2.45) is 5.73 Å². The molecule has 0 fully saturated rings. The third-order valence-electron chi connectivity index (χ3n) is 3.01. The van der Waals surface area contributed by atoms with Gasteiger partial charge in [-0.3, -0.25) is 4.79 Å². The van der Waals surface area contributed by atoms with Gasteiger partial charge in [-0.1, -0.05) is 6.92 Å². The summed E-state index contributed by atoms with van der Waals surface area (Å²) in [5.74, 6) is 0.932. The summed E-state index contributed by atoms with van der Waals surface area (Å²) in [4.78, 5) is 12.1. The van der Waals surface area contributed by atoms with Crippen molar-refractivity contribution in [3.63, 3.8) is 0 Å². The van der Waals surface area contributed by atoms with Crippen LogP contribution in [0.1, 0.15) is 41.3 Å². The van der Waals surface area contributed by atoms with Crippen LogP contribution in [0.5, 0.6) is 5.75 Å². The van der Waals surface area contributed by atoms with Crippen LogP contribution in [0.4, 0.5) is 0 Å². The third-order valence-corrected chi connectivity index (χ3v) is 3.01. The topological polar surface area (TPSA) is 52.3 Å². The summed E-state index contributed by atoms with van der Waals surface area (Å²) in [6, 6.07) is 3.74. The minimum Gasteiger partial charge on any atom is -0.496 e. The lowest BCUT2D eigenvalue weighted by atomic mass is 9.96. The Morgan fingerprint density at radius 2 is 2.00 bits per heavy atom. The quantitative estimate of drug-likeness (QED) is 0.798. The second kappa shape index (κ2) is 5.82. The molecule has 1 atom stereocenters. The average Bonchev–Trinajstić information content (AvgIpc) is 2.31. The van der Waals surface area contributed by atoms with Crippen LogP contribution in [0.15, 0.2) is 12.1 Å². The molecule has 0 aliphatic heterocycles. The smallest absolute Gasteiger partial charge is 0.164 e. The van der Waals surface area contributed by atoms with Crippen molar-refractivity contribution >= 4 is 5.78 Å². The van der Waals surface area contributed by atoms with Crippen LogP contribution in [0.3, 0.4) is 0 Å². The largest absolute Gasteiger partial charge is 0.496 e. The van der Waals surface area contributed by atoms with Gasteiger partial charge in [-0.15, -0.1) is 0 Å². The highest BCUT2D eigenvalue weighted by molar-refractivity contribution is 5.98. The molecule has 0 amide bonds. The predicted molar refractivity (Wildman–Crippen MR) is 69.7 cm³/mol. The number of carbonyl (C=O) groups is 1. The second-order valence-electron chi connectivity index (χ2n) is 4.43. The lowest BCUT2D eigenvalue weighted by Crippen LogP contribution is -2.23. The lowest BCUT2D eigenvalue weighted by Gasteiger charge is -2.12. The second-order valence-corrected chi connectivity index (χ2v) is 4.43. The van der Waals surface area contributed by atoms with E-state index in [4.69, 9.17) is 10.5 Å². The standard InChI is InChI=1S/C14H21NO2/c1-5-11(15)8-13(16)12-6-10(3)14(17-4)7-9(12)2/h6-7,11H,5,8,15H2,1-4H3. The van der Waals surface area contributed by atoms with Gasteiger partial charge in [0.2, 0.25) is 0 Å². The van der Waals surface area contributed by atoms with Crippen LogP contribution in [-0.4, -0.2) is 18.9 Å². The van der Waals surface area contributed by atoms with Crippen molar-refractivity contribution in [2.45, 2.75) is 39.7 Å². The number of carbonyl (C=O) groups excluding carboxylic acids is 1. The van der Waals surface area contributed by atoms with Crippen LogP contribution in [0, 0.1) is 13.8 Å². The molecule has 1 aromatic carbocycles. The van der Waals surface area contributed by atoms with Crippen LogP contribution in [-0.2, 0) is 0 Å². The molecule has 94 valence electrons. The number of ketones is 1. The molecule has 2 N–H and O–H groups in total. The zero-order valence-electron chi connectivity index (χ0n) is 11.0. The van der Waals surface area contributed by atoms with Gasteiger partial charge < -0.3 is 10.5 Å². The summed E-state index contributed by atoms with van der Waals surface area (Å²) in [6.45, 7) is 5.85. The number of hydrogen-bond acceptors (Lipinski definition) is 3. The van der Waals surface area contributed by atoms with E-state index in [0.29, 0.717) is 6.42 Å². The number of nitrogens with two attached hydrogens (primary N) is 1. The first-order chi connectivity index (χ1) is 7.99. The summed E-state index contributed by atoms with van der Waals surface area (Å²) in [5, 5.41) is 0. The molecule has 0 spiro atoms. The van der Waals surface area contributed by atoms with Crippen molar-refractivity contribution in [3.8, 4) is 5.75 Å². The first kappa shape index (κ1) is 13.7. The molecular weight excluding hydrogens is 214 g/mol. The molecule has 0 saturated heterocycles. The molecule has 1 aromatic rings. The Labute approximate surface area is 103 Å². The summed E-state index contributed by atoms with van der Waals surface area (Å²) < 4.78 is 5.23. The minimum absolute atomic E-state index is 0.0516. The molecule has 0 saturated carbocycles. The van der Waals surface area contributed by atoms with Gasteiger partial charge >= 0.3 is 0 Å². The summed E-state index contributed by atoms with van der Waals surface area (Å²) in [6.07, 6.45) is 1.23. The Morgan fingerprint density at radius 3 is 2.53 bits per heavy atom. The molecule has 0 aliphatic carbocycles. The fourth-order valence-corrected chi connectivity index (χ4v) is 1.80. The molecule has 3 heteroatoms. The molecule has 3 nitrogen and oxygen atoms in total. The van der Waals surface area contributed by atoms with Gasteiger partial charge in [0.1, 0.15) is 5.75 Å². The fraction of sp³-hybridized carbons (Fsp3) is 0.500. The number of hydrogen-bond donors (Lipinski definition) is 1. The van der Waals surface area contributed by atoms with Crippen LogP contribution >= 0.6 is 0 Å². The monoisotopic (exact) mass is 235 g/mol. The van der Waals surface area contributed by atoms with Crippen molar-refractivity contribution in [2.75, 3.05) is 7.11 Å². The Morgan fingerprint density at radius 1 is 1.35 bits per heavy atom. The van der Waals surface area contributed by atoms with E-state index in [1.807, 2.05) is 32.9 Å². The normalized spacial score (nSPS) is 12.3. The molecule has 0 heterocycles. The maximum atomic E-state index is 12.1. The molecular formula is C14H21NO2. The molecule has 17 heavy (non-hydrogen) atoms. The van der Waals surface area contributed by atoms with Gasteiger partial charge in [0.15, 0.2) is 5.78 Å². The van der Waals surface area contributed by atoms with Gasteiger partial charge in [0.25, 0.3) is 0 Å². The third kappa shape index (κ3) is 3.30. The number of Topliss-reactive ketones (excluding diaryl/α,β-unsaturated/α-hetero) is 1. The maximum Gasteiger partial charge on any atom is 0.164 e. The zero-order valence-corrected chi connectivity index (χ0v) is 11.0. The van der Waals surface area contributed by atoms with Crippen molar-refractivity contribution in [1.29, 1.82) is 0 Å². The SMILES string of the molecule is CCC(N)CC(=O)c1cc(C)c(OC)cc1C. The molecule has 0 bridgehead atoms. The van der Waals surface area contributed by atoms with Crippen LogP contribution in [0.2, 0.25) is 0 Å². The molecule has 1 rings (SSSR count). The van der Waals surface area contributed by atoms with Gasteiger partial charge in [-0.25, -0.2) is 0 Å². The molecule has 0 radical (unpaired) electrons. The maximum absolute atomic E-state index is 12.1. The van der Waals surface area contributed by atoms with Gasteiger partial charge in [-0.2, -0.15) is 0 Å². The zero-order chi connectivity index (χ0) is 13.0. The van der Waals surface area contributed by atoms with E-state index in [0.717, 1.165) is 28.9 Å². The van der Waals surface area contributed by atoms with Crippen molar-refractivity contribution in [1.82, 2.24) is 0 Å². The Balaban J connectivity index is 2.98. The first-order valence-electron chi connectivity index (χ1n) is 5.93. The minimum atomic E-state index is -0.0516. The highest BCUT2D eigenvalue weighted by Gasteiger charge is 2.14. The van der Waals surface area contributed by atoms with Crippen LogP contribution < -0.4 is 10.5 Å². The molecule has 0 aliphatic rings. The summed E-state index contributed by atoms with van der Waals surface area (Å²) >= 11 is 0. The van der Waals surface area contributed by atoms with E-state index >= 15 is 0 Å². The molecule has 1 unspecified atom stereocenters. The van der Waals surface area contributed by atoms with Gasteiger partial charge in [0.05, 0.1) is 7.11 Å². The van der Waals surface area contributed by atoms with E-state index in [2.05, 4.69) is 0 Å². The highest BCUT2D eigenvalue weighted by atomic mass is 16.5. The number of aryl methyl sites for hydroxylation is 2. The Bertz CT molecular complexity index is 413. The lowest BCUT2D eigenvalue weighted by molar-refractivity contribution is 0.0973. The Kier molecular flexibility index (Phi) is 4.70. The van der Waals surface area contributed by atoms with E-state index < -0.39 is 0 Å². The van der Waals surface area contributed by atoms with Gasteiger partial charge in [-0.05, 0) is 43.5 Å². The summed E-state index contributed by atoms with van der Waals surface area (Å²) in [5.41, 5.74) is 8.49. The van der Waals surface area contributed by atoms with Crippen molar-refractivity contribution in [3.05, 3.63) is 28.8 Å². The number of benzene rings is 1. The van der Waals surface area contributed by atoms with Gasteiger partial charge in [0, 0.05) is 18.0 Å². The van der Waals surface area contributed by atoms with Crippen molar-refractivity contribution < 1.29 is 9.53 Å². The first-order valence-corrected chi connectivity index (χ1v) is 5.93. The van der Waals surface area contributed by atoms with E-state index in [1.165, 1.54) is 0 Å². The molecule has 0 aromatic heterocycles. The predicted octanol–water partition coefficient (Wildman–Crippen LogP) is 2.62. The number of methoxy groups -OCH3 is 1. The highest BCUT2D eigenvalue weighted by Crippen LogP contribution is 2.23. The summed E-state index contributed by atoms with van der Waals surface area (Å²) in [7, 11) is 1.64.